The minimum absolute atomic E-state index is 0.266. The lowest BCUT2D eigenvalue weighted by Crippen LogP contribution is -2.12. The van der Waals surface area contributed by atoms with Crippen molar-refractivity contribution in [2.45, 2.75) is 0 Å². The Bertz CT molecular complexity index is 705. The van der Waals surface area contributed by atoms with Gasteiger partial charge in [-0.3, -0.25) is 4.79 Å². The Morgan fingerprint density at radius 2 is 1.80 bits per heavy atom. The normalized spacial score (nSPS) is 9.90. The van der Waals surface area contributed by atoms with Crippen LogP contribution in [0.15, 0.2) is 45.3 Å². The zero-order valence-electron chi connectivity index (χ0n) is 9.95. The zero-order chi connectivity index (χ0) is 14.7. The maximum atomic E-state index is 12.1. The number of carbonyl (C=O) groups is 1. The first-order valence-electron chi connectivity index (χ1n) is 5.46. The summed E-state index contributed by atoms with van der Waals surface area (Å²) in [5.74, 6) is -0.266. The van der Waals surface area contributed by atoms with Gasteiger partial charge in [0.1, 0.15) is 6.07 Å². The summed E-state index contributed by atoms with van der Waals surface area (Å²) < 4.78 is 1.59. The SMILES string of the molecule is N#Cc1cc(NC(=O)c2cc(Br)cc(Br)c2)ccc1Cl. The van der Waals surface area contributed by atoms with Gasteiger partial charge in [-0.05, 0) is 36.4 Å². The third-order valence-electron chi connectivity index (χ3n) is 2.47. The van der Waals surface area contributed by atoms with Crippen molar-refractivity contribution < 1.29 is 4.79 Å². The minimum atomic E-state index is -0.266. The lowest BCUT2D eigenvalue weighted by molar-refractivity contribution is 0.102. The van der Waals surface area contributed by atoms with E-state index in [1.807, 2.05) is 12.1 Å². The Kier molecular flexibility index (Phi) is 4.81. The van der Waals surface area contributed by atoms with Gasteiger partial charge in [-0.15, -0.1) is 0 Å². The molecule has 0 spiro atoms. The molecule has 0 saturated heterocycles. The van der Waals surface area contributed by atoms with E-state index in [9.17, 15) is 4.79 Å². The smallest absolute Gasteiger partial charge is 0.255 e. The van der Waals surface area contributed by atoms with Gasteiger partial charge in [-0.1, -0.05) is 43.5 Å². The number of amides is 1. The molecular formula is C14H7Br2ClN2O. The molecule has 0 heterocycles. The molecule has 1 amide bonds. The zero-order valence-corrected chi connectivity index (χ0v) is 13.9. The van der Waals surface area contributed by atoms with Gasteiger partial charge in [0.05, 0.1) is 10.6 Å². The average Bonchev–Trinajstić information content (AvgIpc) is 2.39. The van der Waals surface area contributed by atoms with Crippen molar-refractivity contribution in [3.8, 4) is 6.07 Å². The fourth-order valence-electron chi connectivity index (χ4n) is 1.58. The lowest BCUT2D eigenvalue weighted by Gasteiger charge is -2.07. The number of hydrogen-bond acceptors (Lipinski definition) is 2. The van der Waals surface area contributed by atoms with Gasteiger partial charge in [-0.25, -0.2) is 0 Å². The van der Waals surface area contributed by atoms with E-state index < -0.39 is 0 Å². The summed E-state index contributed by atoms with van der Waals surface area (Å²) in [6.07, 6.45) is 0. The molecule has 0 aromatic heterocycles. The molecule has 0 unspecified atom stereocenters. The molecule has 2 aromatic carbocycles. The van der Waals surface area contributed by atoms with E-state index in [0.29, 0.717) is 21.8 Å². The Labute approximate surface area is 137 Å². The highest BCUT2D eigenvalue weighted by Crippen LogP contribution is 2.23. The fourth-order valence-corrected chi connectivity index (χ4v) is 3.03. The molecule has 2 aromatic rings. The molecule has 0 aliphatic heterocycles. The summed E-state index contributed by atoms with van der Waals surface area (Å²) in [4.78, 5) is 12.1. The van der Waals surface area contributed by atoms with Crippen LogP contribution in [0, 0.1) is 11.3 Å². The van der Waals surface area contributed by atoms with E-state index in [4.69, 9.17) is 16.9 Å². The molecule has 3 nitrogen and oxygen atoms in total. The number of hydrogen-bond donors (Lipinski definition) is 1. The number of nitrogens with zero attached hydrogens (tertiary/aromatic N) is 1. The molecule has 0 aliphatic carbocycles. The van der Waals surface area contributed by atoms with Crippen molar-refractivity contribution in [1.29, 1.82) is 5.26 Å². The van der Waals surface area contributed by atoms with E-state index in [-0.39, 0.29) is 5.91 Å². The van der Waals surface area contributed by atoms with Crippen LogP contribution in [0.1, 0.15) is 15.9 Å². The number of halogens is 3. The molecule has 0 fully saturated rings. The van der Waals surface area contributed by atoms with Crippen molar-refractivity contribution in [2.24, 2.45) is 0 Å². The molecule has 0 aliphatic rings. The summed E-state index contributed by atoms with van der Waals surface area (Å²) in [6, 6.07) is 12.0. The van der Waals surface area contributed by atoms with E-state index in [1.54, 1.807) is 24.3 Å². The molecule has 0 radical (unpaired) electrons. The molecule has 100 valence electrons. The molecule has 0 bridgehead atoms. The summed E-state index contributed by atoms with van der Waals surface area (Å²) in [6.45, 7) is 0. The second-order valence-electron chi connectivity index (χ2n) is 3.92. The Hall–Kier alpha value is -1.35. The highest BCUT2D eigenvalue weighted by atomic mass is 79.9. The van der Waals surface area contributed by atoms with E-state index >= 15 is 0 Å². The number of carbonyl (C=O) groups excluding carboxylic acids is 1. The van der Waals surface area contributed by atoms with Crippen LogP contribution in [-0.4, -0.2) is 5.91 Å². The van der Waals surface area contributed by atoms with Gasteiger partial charge in [-0.2, -0.15) is 5.26 Å². The van der Waals surface area contributed by atoms with Gasteiger partial charge in [0, 0.05) is 20.2 Å². The maximum absolute atomic E-state index is 12.1. The van der Waals surface area contributed by atoms with Crippen LogP contribution in [-0.2, 0) is 0 Å². The van der Waals surface area contributed by atoms with Gasteiger partial charge in [0.2, 0.25) is 0 Å². The number of benzene rings is 2. The number of nitriles is 1. The quantitative estimate of drug-likeness (QED) is 0.753. The highest BCUT2D eigenvalue weighted by Gasteiger charge is 2.09. The maximum Gasteiger partial charge on any atom is 0.255 e. The predicted molar refractivity (Wildman–Crippen MR) is 86.0 cm³/mol. The first-order valence-corrected chi connectivity index (χ1v) is 7.43. The van der Waals surface area contributed by atoms with E-state index in [2.05, 4.69) is 37.2 Å². The second-order valence-corrected chi connectivity index (χ2v) is 6.16. The highest BCUT2D eigenvalue weighted by molar-refractivity contribution is 9.11. The number of rotatable bonds is 2. The van der Waals surface area contributed by atoms with Crippen LogP contribution in [0.2, 0.25) is 5.02 Å². The van der Waals surface area contributed by atoms with E-state index in [1.165, 1.54) is 6.07 Å². The van der Waals surface area contributed by atoms with Gasteiger partial charge < -0.3 is 5.32 Å². The number of nitrogens with one attached hydrogen (secondary N) is 1. The van der Waals surface area contributed by atoms with Crippen molar-refractivity contribution in [2.75, 3.05) is 5.32 Å². The van der Waals surface area contributed by atoms with Gasteiger partial charge >= 0.3 is 0 Å². The lowest BCUT2D eigenvalue weighted by atomic mass is 10.2. The minimum Gasteiger partial charge on any atom is -0.322 e. The average molecular weight is 414 g/mol. The van der Waals surface area contributed by atoms with Crippen molar-refractivity contribution in [1.82, 2.24) is 0 Å². The molecule has 1 N–H and O–H groups in total. The van der Waals surface area contributed by atoms with Crippen molar-refractivity contribution in [3.05, 3.63) is 61.5 Å². The monoisotopic (exact) mass is 412 g/mol. The molecule has 20 heavy (non-hydrogen) atoms. The summed E-state index contributed by atoms with van der Waals surface area (Å²) in [7, 11) is 0. The third-order valence-corrected chi connectivity index (χ3v) is 3.71. The Balaban J connectivity index is 2.26. The van der Waals surface area contributed by atoms with Crippen LogP contribution in [0.25, 0.3) is 0 Å². The van der Waals surface area contributed by atoms with Gasteiger partial charge in [0.25, 0.3) is 5.91 Å². The van der Waals surface area contributed by atoms with Crippen molar-refractivity contribution >= 4 is 55.1 Å². The molecular weight excluding hydrogens is 407 g/mol. The standard InChI is InChI=1S/C14H7Br2ClN2O/c15-10-3-8(4-11(16)6-10)14(20)19-12-1-2-13(17)9(5-12)7-18/h1-6H,(H,19,20). The summed E-state index contributed by atoms with van der Waals surface area (Å²) in [5.41, 5.74) is 1.34. The van der Waals surface area contributed by atoms with Crippen LogP contribution in [0.3, 0.4) is 0 Å². The molecule has 2 rings (SSSR count). The topological polar surface area (TPSA) is 52.9 Å². The first kappa shape index (κ1) is 15.0. The van der Waals surface area contributed by atoms with Crippen molar-refractivity contribution in [3.63, 3.8) is 0 Å². The number of anilines is 1. The Morgan fingerprint density at radius 3 is 2.40 bits per heavy atom. The van der Waals surface area contributed by atoms with Gasteiger partial charge in [0.15, 0.2) is 0 Å². The summed E-state index contributed by atoms with van der Waals surface area (Å²) in [5, 5.41) is 12.0. The summed E-state index contributed by atoms with van der Waals surface area (Å²) >= 11 is 12.5. The molecule has 6 heteroatoms. The van der Waals surface area contributed by atoms with Crippen LogP contribution < -0.4 is 5.32 Å². The second kappa shape index (κ2) is 6.40. The van der Waals surface area contributed by atoms with Crippen LogP contribution >= 0.6 is 43.5 Å². The molecule has 0 atom stereocenters. The largest absolute Gasteiger partial charge is 0.322 e. The fraction of sp³-hybridized carbons (Fsp3) is 0. The van der Waals surface area contributed by atoms with Crippen LogP contribution in [0.4, 0.5) is 5.69 Å². The van der Waals surface area contributed by atoms with E-state index in [0.717, 1.165) is 8.95 Å². The Morgan fingerprint density at radius 1 is 1.15 bits per heavy atom. The first-order chi connectivity index (χ1) is 9.49. The third kappa shape index (κ3) is 3.60. The molecule has 0 saturated carbocycles. The van der Waals surface area contributed by atoms with Crippen LogP contribution in [0.5, 0.6) is 0 Å². The predicted octanol–water partition coefficient (Wildman–Crippen LogP) is 4.99.